The maximum atomic E-state index is 11.8. The quantitative estimate of drug-likeness (QED) is 0.558. The average Bonchev–Trinajstić information content (AvgIpc) is 2.37. The zero-order chi connectivity index (χ0) is 18.3. The fourth-order valence-corrected chi connectivity index (χ4v) is 2.57. The molecular formula is C16H23NO6S. The van der Waals surface area contributed by atoms with E-state index < -0.39 is 16.2 Å². The first kappa shape index (κ1) is 20.0. The van der Waals surface area contributed by atoms with Gasteiger partial charge in [0.15, 0.2) is 0 Å². The number of hydrogen-bond donors (Lipinski definition) is 1. The first-order chi connectivity index (χ1) is 11.0. The Bertz CT molecular complexity index is 666. The second-order valence-corrected chi connectivity index (χ2v) is 7.35. The van der Waals surface area contributed by atoms with E-state index in [-0.39, 0.29) is 30.2 Å². The van der Waals surface area contributed by atoms with Crippen molar-refractivity contribution in [1.29, 1.82) is 0 Å². The smallest absolute Gasteiger partial charge is 0.308 e. The normalized spacial score (nSPS) is 12.5. The van der Waals surface area contributed by atoms with Gasteiger partial charge < -0.3 is 14.2 Å². The molecule has 1 aromatic rings. The van der Waals surface area contributed by atoms with Gasteiger partial charge in [0.1, 0.15) is 5.75 Å². The number of esters is 1. The Labute approximate surface area is 142 Å². The number of carbonyl (C=O) groups excluding carboxylic acids is 2. The minimum atomic E-state index is -3.57. The highest BCUT2D eigenvalue weighted by molar-refractivity contribution is 7.86. The van der Waals surface area contributed by atoms with Crippen LogP contribution in [0.25, 0.3) is 0 Å². The number of carbonyl (C=O) groups is 2. The van der Waals surface area contributed by atoms with Crippen LogP contribution in [0.15, 0.2) is 24.3 Å². The lowest BCUT2D eigenvalue weighted by atomic mass is 10.0. The highest BCUT2D eigenvalue weighted by atomic mass is 32.2. The Morgan fingerprint density at radius 2 is 1.75 bits per heavy atom. The molecule has 1 unspecified atom stereocenters. The van der Waals surface area contributed by atoms with Crippen LogP contribution in [0.4, 0.5) is 0 Å². The molecule has 1 N–H and O–H groups in total. The molecule has 0 aliphatic rings. The second kappa shape index (κ2) is 8.68. The first-order valence-corrected chi connectivity index (χ1v) is 9.32. The van der Waals surface area contributed by atoms with Crippen molar-refractivity contribution in [2.75, 3.05) is 6.26 Å². The third-order valence-electron chi connectivity index (χ3n) is 2.84. The summed E-state index contributed by atoms with van der Waals surface area (Å²) in [7, 11) is -3.57. The number of nitrogens with one attached hydrogen (secondary N) is 1. The van der Waals surface area contributed by atoms with Crippen LogP contribution >= 0.6 is 0 Å². The molecule has 0 saturated heterocycles. The van der Waals surface area contributed by atoms with Gasteiger partial charge in [0, 0.05) is 13.0 Å². The van der Waals surface area contributed by atoms with Crippen molar-refractivity contribution in [1.82, 2.24) is 5.32 Å². The lowest BCUT2D eigenvalue weighted by Crippen LogP contribution is -2.37. The van der Waals surface area contributed by atoms with Gasteiger partial charge in [0.25, 0.3) is 0 Å². The summed E-state index contributed by atoms with van der Waals surface area (Å²) in [6.07, 6.45) is 1.21. The summed E-state index contributed by atoms with van der Waals surface area (Å²) >= 11 is 0. The summed E-state index contributed by atoms with van der Waals surface area (Å²) in [5.41, 5.74) is 0.826. The Morgan fingerprint density at radius 1 is 1.17 bits per heavy atom. The van der Waals surface area contributed by atoms with E-state index in [4.69, 9.17) is 8.92 Å². The topological polar surface area (TPSA) is 98.8 Å². The van der Waals surface area contributed by atoms with Gasteiger partial charge in [0.05, 0.1) is 18.8 Å². The Morgan fingerprint density at radius 3 is 2.21 bits per heavy atom. The van der Waals surface area contributed by atoms with Crippen LogP contribution in [0.3, 0.4) is 0 Å². The van der Waals surface area contributed by atoms with Crippen LogP contribution in [0, 0.1) is 0 Å². The fraction of sp³-hybridized carbons (Fsp3) is 0.500. The van der Waals surface area contributed by atoms with Crippen LogP contribution in [0.1, 0.15) is 32.8 Å². The molecule has 0 spiro atoms. The van der Waals surface area contributed by atoms with Crippen molar-refractivity contribution >= 4 is 22.0 Å². The highest BCUT2D eigenvalue weighted by Crippen LogP contribution is 2.16. The predicted molar refractivity (Wildman–Crippen MR) is 89.1 cm³/mol. The molecule has 8 heteroatoms. The minimum Gasteiger partial charge on any atom is -0.463 e. The van der Waals surface area contributed by atoms with Crippen molar-refractivity contribution in [3.8, 4) is 5.75 Å². The van der Waals surface area contributed by atoms with Crippen LogP contribution in [-0.2, 0) is 30.9 Å². The standard InChI is InChI=1S/C16H23NO6S/c1-11(2)22-16(19)10-14(17-12(3)18)9-13-5-7-15(8-6-13)23-24(4,20)21/h5-8,11,14H,9-10H2,1-4H3,(H,17,18). The Hall–Kier alpha value is -2.09. The predicted octanol–water partition coefficient (Wildman–Crippen LogP) is 1.41. The number of amides is 1. The van der Waals surface area contributed by atoms with Crippen LogP contribution in [0.2, 0.25) is 0 Å². The third kappa shape index (κ3) is 8.52. The molecule has 134 valence electrons. The zero-order valence-electron chi connectivity index (χ0n) is 14.2. The molecule has 1 atom stereocenters. The first-order valence-electron chi connectivity index (χ1n) is 7.50. The number of ether oxygens (including phenoxy) is 1. The SMILES string of the molecule is CC(=O)NC(CC(=O)OC(C)C)Cc1ccc(OS(C)(=O)=O)cc1. The summed E-state index contributed by atoms with van der Waals surface area (Å²) in [4.78, 5) is 23.1. The van der Waals surface area contributed by atoms with E-state index in [0.29, 0.717) is 6.42 Å². The molecule has 0 saturated carbocycles. The summed E-state index contributed by atoms with van der Waals surface area (Å²) in [6.45, 7) is 4.89. The monoisotopic (exact) mass is 357 g/mol. The summed E-state index contributed by atoms with van der Waals surface area (Å²) in [6, 6.07) is 6.00. The van der Waals surface area contributed by atoms with Gasteiger partial charge >= 0.3 is 16.1 Å². The summed E-state index contributed by atoms with van der Waals surface area (Å²) in [5, 5.41) is 2.72. The summed E-state index contributed by atoms with van der Waals surface area (Å²) in [5.74, 6) is -0.424. The molecule has 0 aromatic heterocycles. The minimum absolute atomic E-state index is 0.0549. The maximum Gasteiger partial charge on any atom is 0.308 e. The van der Waals surface area contributed by atoms with E-state index in [1.54, 1.807) is 26.0 Å². The number of rotatable bonds is 8. The lowest BCUT2D eigenvalue weighted by Gasteiger charge is -2.18. The molecule has 0 radical (unpaired) electrons. The number of benzene rings is 1. The summed E-state index contributed by atoms with van der Waals surface area (Å²) < 4.78 is 32.0. The van der Waals surface area contributed by atoms with Gasteiger partial charge in [-0.05, 0) is 38.0 Å². The van der Waals surface area contributed by atoms with Crippen LogP contribution in [-0.4, -0.2) is 38.7 Å². The molecule has 1 rings (SSSR count). The van der Waals surface area contributed by atoms with Gasteiger partial charge in [-0.2, -0.15) is 8.42 Å². The molecule has 0 aliphatic carbocycles. The lowest BCUT2D eigenvalue weighted by molar-refractivity contribution is -0.148. The molecule has 24 heavy (non-hydrogen) atoms. The zero-order valence-corrected chi connectivity index (χ0v) is 15.1. The van der Waals surface area contributed by atoms with Gasteiger partial charge in [-0.1, -0.05) is 12.1 Å². The van der Waals surface area contributed by atoms with E-state index in [0.717, 1.165) is 11.8 Å². The van der Waals surface area contributed by atoms with Crippen molar-refractivity contribution in [3.63, 3.8) is 0 Å². The molecular weight excluding hydrogens is 334 g/mol. The Kier molecular flexibility index (Phi) is 7.21. The second-order valence-electron chi connectivity index (χ2n) is 5.78. The van der Waals surface area contributed by atoms with Crippen molar-refractivity contribution in [2.24, 2.45) is 0 Å². The maximum absolute atomic E-state index is 11.8. The molecule has 0 bridgehead atoms. The van der Waals surface area contributed by atoms with Crippen LogP contribution in [0.5, 0.6) is 5.75 Å². The van der Waals surface area contributed by atoms with Crippen LogP contribution < -0.4 is 9.50 Å². The van der Waals surface area contributed by atoms with Crippen molar-refractivity contribution in [3.05, 3.63) is 29.8 Å². The fourth-order valence-electron chi connectivity index (χ4n) is 2.11. The van der Waals surface area contributed by atoms with E-state index in [2.05, 4.69) is 5.32 Å². The number of hydrogen-bond acceptors (Lipinski definition) is 6. The molecule has 0 heterocycles. The molecule has 0 fully saturated rings. The highest BCUT2D eigenvalue weighted by Gasteiger charge is 2.17. The third-order valence-corrected chi connectivity index (χ3v) is 3.34. The van der Waals surface area contributed by atoms with E-state index in [9.17, 15) is 18.0 Å². The molecule has 0 aliphatic heterocycles. The van der Waals surface area contributed by atoms with Gasteiger partial charge in [0.2, 0.25) is 5.91 Å². The van der Waals surface area contributed by atoms with E-state index >= 15 is 0 Å². The molecule has 1 amide bonds. The largest absolute Gasteiger partial charge is 0.463 e. The van der Waals surface area contributed by atoms with Gasteiger partial charge in [-0.15, -0.1) is 0 Å². The average molecular weight is 357 g/mol. The van der Waals surface area contributed by atoms with Crippen molar-refractivity contribution < 1.29 is 26.9 Å². The van der Waals surface area contributed by atoms with Gasteiger partial charge in [-0.25, -0.2) is 0 Å². The van der Waals surface area contributed by atoms with Crippen molar-refractivity contribution in [2.45, 2.75) is 45.8 Å². The van der Waals surface area contributed by atoms with E-state index in [1.807, 2.05) is 0 Å². The molecule has 1 aromatic carbocycles. The van der Waals surface area contributed by atoms with Gasteiger partial charge in [-0.3, -0.25) is 9.59 Å². The molecule has 7 nitrogen and oxygen atoms in total. The Balaban J connectivity index is 2.75. The van der Waals surface area contributed by atoms with E-state index in [1.165, 1.54) is 19.1 Å².